The van der Waals surface area contributed by atoms with E-state index in [1.165, 1.54) is 25.5 Å². The molecule has 1 amide bonds. The Labute approximate surface area is 147 Å². The van der Waals surface area contributed by atoms with Gasteiger partial charge in [-0.05, 0) is 36.4 Å². The predicted octanol–water partition coefficient (Wildman–Crippen LogP) is 4.55. The van der Waals surface area contributed by atoms with Gasteiger partial charge < -0.3 is 9.15 Å². The number of carbonyl (C=O) groups is 1. The molecule has 0 bridgehead atoms. The second-order valence-corrected chi connectivity index (χ2v) is 5.41. The van der Waals surface area contributed by atoms with Gasteiger partial charge in [-0.25, -0.2) is 13.2 Å². The maximum Gasteiger partial charge on any atom is 0.261 e. The SMILES string of the molecule is COc1ccc(C(=O)N(Cc2ccco2)c2ccc(F)cc2F)c(F)c1. The quantitative estimate of drug-likeness (QED) is 0.669. The van der Waals surface area contributed by atoms with E-state index in [9.17, 15) is 18.0 Å². The van der Waals surface area contributed by atoms with E-state index in [1.54, 1.807) is 12.1 Å². The van der Waals surface area contributed by atoms with Gasteiger partial charge in [0.2, 0.25) is 0 Å². The summed E-state index contributed by atoms with van der Waals surface area (Å²) >= 11 is 0. The van der Waals surface area contributed by atoms with Gasteiger partial charge in [0.25, 0.3) is 5.91 Å². The zero-order chi connectivity index (χ0) is 18.7. The monoisotopic (exact) mass is 361 g/mol. The number of methoxy groups -OCH3 is 1. The number of amides is 1. The molecule has 0 saturated carbocycles. The third-order valence-electron chi connectivity index (χ3n) is 3.75. The number of hydrogen-bond acceptors (Lipinski definition) is 3. The molecule has 26 heavy (non-hydrogen) atoms. The molecule has 0 unspecified atom stereocenters. The Kier molecular flexibility index (Phi) is 4.97. The fraction of sp³-hybridized carbons (Fsp3) is 0.105. The van der Waals surface area contributed by atoms with E-state index in [2.05, 4.69) is 0 Å². The first kappa shape index (κ1) is 17.6. The molecular weight excluding hydrogens is 347 g/mol. The second-order valence-electron chi connectivity index (χ2n) is 5.41. The van der Waals surface area contributed by atoms with Crippen LogP contribution in [0.2, 0.25) is 0 Å². The lowest BCUT2D eigenvalue weighted by atomic mass is 10.1. The average molecular weight is 361 g/mol. The number of ether oxygens (including phenoxy) is 1. The summed E-state index contributed by atoms with van der Waals surface area (Å²) in [5.74, 6) is -2.75. The molecule has 0 atom stereocenters. The van der Waals surface area contributed by atoms with Crippen LogP contribution < -0.4 is 9.64 Å². The number of nitrogens with zero attached hydrogens (tertiary/aromatic N) is 1. The van der Waals surface area contributed by atoms with Crippen LogP contribution in [-0.2, 0) is 6.54 Å². The molecule has 0 aliphatic rings. The summed E-state index contributed by atoms with van der Waals surface area (Å²) in [4.78, 5) is 13.9. The Morgan fingerprint density at radius 1 is 1.08 bits per heavy atom. The molecule has 0 saturated heterocycles. The summed E-state index contributed by atoms with van der Waals surface area (Å²) in [6.45, 7) is -0.153. The van der Waals surface area contributed by atoms with Crippen LogP contribution in [0.4, 0.5) is 18.9 Å². The molecule has 3 aromatic rings. The maximum absolute atomic E-state index is 14.3. The van der Waals surface area contributed by atoms with Crippen molar-refractivity contribution in [3.05, 3.63) is 83.6 Å². The van der Waals surface area contributed by atoms with Crippen LogP contribution in [-0.4, -0.2) is 13.0 Å². The zero-order valence-electron chi connectivity index (χ0n) is 13.7. The minimum atomic E-state index is -0.946. The molecule has 0 spiro atoms. The van der Waals surface area contributed by atoms with Gasteiger partial charge in [0.1, 0.15) is 29.0 Å². The standard InChI is InChI=1S/C19H14F3NO3/c1-25-13-5-6-15(16(21)10-13)19(24)23(11-14-3-2-8-26-14)18-7-4-12(20)9-17(18)22/h2-10H,11H2,1H3. The Morgan fingerprint density at radius 2 is 1.88 bits per heavy atom. The molecule has 3 rings (SSSR count). The Bertz CT molecular complexity index is 926. The third kappa shape index (κ3) is 3.56. The van der Waals surface area contributed by atoms with Crippen molar-refractivity contribution in [2.75, 3.05) is 12.0 Å². The van der Waals surface area contributed by atoms with Crippen LogP contribution in [0.15, 0.2) is 59.2 Å². The first-order valence-electron chi connectivity index (χ1n) is 7.62. The number of anilines is 1. The fourth-order valence-electron chi connectivity index (χ4n) is 2.47. The summed E-state index contributed by atoms with van der Waals surface area (Å²) in [7, 11) is 1.37. The summed E-state index contributed by atoms with van der Waals surface area (Å²) in [6.07, 6.45) is 1.40. The van der Waals surface area contributed by atoms with E-state index in [1.807, 2.05) is 0 Å². The van der Waals surface area contributed by atoms with Gasteiger partial charge in [-0.15, -0.1) is 0 Å². The van der Waals surface area contributed by atoms with E-state index in [0.29, 0.717) is 11.8 Å². The van der Waals surface area contributed by atoms with E-state index in [4.69, 9.17) is 9.15 Å². The summed E-state index contributed by atoms with van der Waals surface area (Å²) < 4.78 is 51.9. The number of benzene rings is 2. The van der Waals surface area contributed by atoms with Gasteiger partial charge in [0.15, 0.2) is 0 Å². The van der Waals surface area contributed by atoms with E-state index in [-0.39, 0.29) is 23.5 Å². The van der Waals surface area contributed by atoms with Crippen molar-refractivity contribution in [2.24, 2.45) is 0 Å². The molecule has 0 fully saturated rings. The van der Waals surface area contributed by atoms with Crippen LogP contribution in [0.1, 0.15) is 16.1 Å². The third-order valence-corrected chi connectivity index (χ3v) is 3.75. The van der Waals surface area contributed by atoms with Crippen molar-refractivity contribution in [3.8, 4) is 5.75 Å². The molecule has 134 valence electrons. The molecular formula is C19H14F3NO3. The topological polar surface area (TPSA) is 42.7 Å². The summed E-state index contributed by atoms with van der Waals surface area (Å²) in [5.41, 5.74) is -0.468. The number of hydrogen-bond donors (Lipinski definition) is 0. The highest BCUT2D eigenvalue weighted by Gasteiger charge is 2.25. The van der Waals surface area contributed by atoms with Gasteiger partial charge >= 0.3 is 0 Å². The first-order chi connectivity index (χ1) is 12.5. The molecule has 0 aliphatic carbocycles. The lowest BCUT2D eigenvalue weighted by Gasteiger charge is -2.23. The molecule has 4 nitrogen and oxygen atoms in total. The van der Waals surface area contributed by atoms with Crippen LogP contribution in [0.5, 0.6) is 5.75 Å². The number of furan rings is 1. The number of halogens is 3. The first-order valence-corrected chi connectivity index (χ1v) is 7.62. The number of rotatable bonds is 5. The Hall–Kier alpha value is -3.22. The minimum absolute atomic E-state index is 0.153. The zero-order valence-corrected chi connectivity index (χ0v) is 13.7. The van der Waals surface area contributed by atoms with Gasteiger partial charge in [-0.3, -0.25) is 9.69 Å². The molecule has 0 N–H and O–H groups in total. The van der Waals surface area contributed by atoms with Gasteiger partial charge in [-0.1, -0.05) is 0 Å². The van der Waals surface area contributed by atoms with Crippen molar-refractivity contribution in [2.45, 2.75) is 6.54 Å². The highest BCUT2D eigenvalue weighted by atomic mass is 19.1. The van der Waals surface area contributed by atoms with Crippen LogP contribution in [0.25, 0.3) is 0 Å². The largest absolute Gasteiger partial charge is 0.497 e. The molecule has 0 radical (unpaired) electrons. The van der Waals surface area contributed by atoms with Crippen molar-refractivity contribution in [1.82, 2.24) is 0 Å². The van der Waals surface area contributed by atoms with E-state index in [0.717, 1.165) is 23.1 Å². The summed E-state index contributed by atoms with van der Waals surface area (Å²) in [6, 6.07) is 9.70. The van der Waals surface area contributed by atoms with Crippen molar-refractivity contribution in [1.29, 1.82) is 0 Å². The Morgan fingerprint density at radius 3 is 2.50 bits per heavy atom. The molecule has 1 heterocycles. The minimum Gasteiger partial charge on any atom is -0.497 e. The number of carbonyl (C=O) groups excluding carboxylic acids is 1. The van der Waals surface area contributed by atoms with Crippen molar-refractivity contribution >= 4 is 11.6 Å². The summed E-state index contributed by atoms with van der Waals surface area (Å²) in [5, 5.41) is 0. The normalized spacial score (nSPS) is 10.6. The van der Waals surface area contributed by atoms with Gasteiger partial charge in [0.05, 0.1) is 31.2 Å². The van der Waals surface area contributed by atoms with Crippen molar-refractivity contribution < 1.29 is 27.1 Å². The molecule has 7 heteroatoms. The molecule has 1 aromatic heterocycles. The average Bonchev–Trinajstić information content (AvgIpc) is 3.13. The van der Waals surface area contributed by atoms with Crippen LogP contribution in [0, 0.1) is 17.5 Å². The van der Waals surface area contributed by atoms with E-state index < -0.39 is 23.4 Å². The highest BCUT2D eigenvalue weighted by Crippen LogP contribution is 2.26. The highest BCUT2D eigenvalue weighted by molar-refractivity contribution is 6.06. The predicted molar refractivity (Wildman–Crippen MR) is 88.5 cm³/mol. The van der Waals surface area contributed by atoms with Gasteiger partial charge in [-0.2, -0.15) is 0 Å². The fourth-order valence-corrected chi connectivity index (χ4v) is 2.47. The van der Waals surface area contributed by atoms with Gasteiger partial charge in [0, 0.05) is 12.1 Å². The smallest absolute Gasteiger partial charge is 0.261 e. The molecule has 2 aromatic carbocycles. The molecule has 0 aliphatic heterocycles. The van der Waals surface area contributed by atoms with Crippen LogP contribution in [0.3, 0.4) is 0 Å². The van der Waals surface area contributed by atoms with Crippen molar-refractivity contribution in [3.63, 3.8) is 0 Å². The second kappa shape index (κ2) is 7.35. The maximum atomic E-state index is 14.3. The lowest BCUT2D eigenvalue weighted by Crippen LogP contribution is -2.31. The Balaban J connectivity index is 2.03. The van der Waals surface area contributed by atoms with E-state index >= 15 is 0 Å². The van der Waals surface area contributed by atoms with Crippen LogP contribution >= 0.6 is 0 Å². The lowest BCUT2D eigenvalue weighted by molar-refractivity contribution is 0.0978.